The van der Waals surface area contributed by atoms with Gasteiger partial charge in [0.15, 0.2) is 0 Å². The van der Waals surface area contributed by atoms with Gasteiger partial charge in [-0.25, -0.2) is 8.42 Å². The average Bonchev–Trinajstić information content (AvgIpc) is 2.73. The lowest BCUT2D eigenvalue weighted by Gasteiger charge is -2.24. The summed E-state index contributed by atoms with van der Waals surface area (Å²) in [7, 11) is 1.59. The van der Waals surface area contributed by atoms with Crippen LogP contribution in [0.1, 0.15) is 50.9 Å². The molecule has 0 bridgehead atoms. The molecule has 0 unspecified atom stereocenters. The molecule has 1 heterocycles. The first-order chi connectivity index (χ1) is 8.04. The molecule has 96 valence electrons. The monoisotopic (exact) mass is 277 g/mol. The summed E-state index contributed by atoms with van der Waals surface area (Å²) < 4.78 is 24.7. The molecule has 1 aliphatic carbocycles. The van der Waals surface area contributed by atoms with E-state index in [1.54, 1.807) is 4.57 Å². The fourth-order valence-corrected chi connectivity index (χ4v) is 3.36. The Morgan fingerprint density at radius 3 is 2.47 bits per heavy atom. The number of hydrogen-bond acceptors (Lipinski definition) is 4. The molecule has 0 saturated heterocycles. The van der Waals surface area contributed by atoms with E-state index in [1.807, 2.05) is 6.92 Å². The Kier molecular flexibility index (Phi) is 3.73. The lowest BCUT2D eigenvalue weighted by Crippen LogP contribution is -2.18. The first kappa shape index (κ1) is 12.8. The standard InChI is InChI=1S/C10H16ClN3O2S/c1-2-9-12-13-10(17(11,15)16)14(9)8-6-4-3-5-7-8/h8H,2-7H2,1H3. The second-order valence-corrected chi connectivity index (χ2v) is 6.81. The Bertz CT molecular complexity index is 492. The Labute approximate surface area is 106 Å². The predicted octanol–water partition coefficient (Wildman–Crippen LogP) is 2.27. The summed E-state index contributed by atoms with van der Waals surface area (Å²) in [6.45, 7) is 1.94. The second kappa shape index (κ2) is 4.94. The van der Waals surface area contributed by atoms with Crippen LogP contribution in [-0.2, 0) is 15.5 Å². The lowest BCUT2D eigenvalue weighted by molar-refractivity contribution is 0.327. The van der Waals surface area contributed by atoms with Gasteiger partial charge >= 0.3 is 0 Å². The average molecular weight is 278 g/mol. The first-order valence-electron chi connectivity index (χ1n) is 5.92. The number of hydrogen-bond donors (Lipinski definition) is 0. The molecular formula is C10H16ClN3O2S. The largest absolute Gasteiger partial charge is 0.298 e. The molecule has 0 N–H and O–H groups in total. The third-order valence-electron chi connectivity index (χ3n) is 3.21. The van der Waals surface area contributed by atoms with Crippen LogP contribution in [0.5, 0.6) is 0 Å². The number of halogens is 1. The molecule has 2 rings (SSSR count). The summed E-state index contributed by atoms with van der Waals surface area (Å²) in [6, 6.07) is 0.178. The van der Waals surface area contributed by atoms with Crippen LogP contribution in [0.2, 0.25) is 0 Å². The van der Waals surface area contributed by atoms with Crippen molar-refractivity contribution in [3.05, 3.63) is 5.82 Å². The zero-order chi connectivity index (χ0) is 12.5. The third-order valence-corrected chi connectivity index (χ3v) is 4.34. The normalized spacial score (nSPS) is 18.5. The zero-order valence-corrected chi connectivity index (χ0v) is 11.3. The van der Waals surface area contributed by atoms with Crippen molar-refractivity contribution in [1.29, 1.82) is 0 Å². The quantitative estimate of drug-likeness (QED) is 0.795. The molecule has 0 atom stereocenters. The topological polar surface area (TPSA) is 64.8 Å². The molecule has 7 heteroatoms. The van der Waals surface area contributed by atoms with Gasteiger partial charge in [-0.1, -0.05) is 26.2 Å². The van der Waals surface area contributed by atoms with Crippen LogP contribution in [0, 0.1) is 0 Å². The predicted molar refractivity (Wildman–Crippen MR) is 64.6 cm³/mol. The molecule has 0 amide bonds. The highest BCUT2D eigenvalue weighted by molar-refractivity contribution is 8.13. The summed E-state index contributed by atoms with van der Waals surface area (Å²) in [4.78, 5) is 0. The van der Waals surface area contributed by atoms with E-state index in [0.29, 0.717) is 12.2 Å². The van der Waals surface area contributed by atoms with Crippen molar-refractivity contribution >= 4 is 19.7 Å². The van der Waals surface area contributed by atoms with Crippen LogP contribution in [0.3, 0.4) is 0 Å². The fourth-order valence-electron chi connectivity index (χ4n) is 2.42. The maximum atomic E-state index is 11.5. The molecule has 1 aromatic rings. The van der Waals surface area contributed by atoms with Crippen molar-refractivity contribution in [2.75, 3.05) is 0 Å². The van der Waals surface area contributed by atoms with Crippen LogP contribution in [0.15, 0.2) is 5.16 Å². The number of rotatable bonds is 3. The molecule has 0 spiro atoms. The summed E-state index contributed by atoms with van der Waals surface area (Å²) in [5, 5.41) is 7.56. The fraction of sp³-hybridized carbons (Fsp3) is 0.800. The minimum absolute atomic E-state index is 0.0945. The molecule has 0 aliphatic heterocycles. The van der Waals surface area contributed by atoms with Crippen LogP contribution in [0.4, 0.5) is 0 Å². The Balaban J connectivity index is 2.45. The second-order valence-electron chi connectivity index (χ2n) is 4.35. The van der Waals surface area contributed by atoms with Crippen LogP contribution in [-0.4, -0.2) is 23.2 Å². The van der Waals surface area contributed by atoms with Crippen molar-refractivity contribution in [2.24, 2.45) is 0 Å². The van der Waals surface area contributed by atoms with Crippen molar-refractivity contribution in [2.45, 2.75) is 56.6 Å². The van der Waals surface area contributed by atoms with E-state index in [-0.39, 0.29) is 11.2 Å². The Morgan fingerprint density at radius 1 is 1.29 bits per heavy atom. The first-order valence-corrected chi connectivity index (χ1v) is 8.23. The SMILES string of the molecule is CCc1nnc(S(=O)(=O)Cl)n1C1CCCCC1. The minimum Gasteiger partial charge on any atom is -0.298 e. The van der Waals surface area contributed by atoms with Crippen LogP contribution < -0.4 is 0 Å². The highest BCUT2D eigenvalue weighted by atomic mass is 35.7. The number of aryl methyl sites for hydroxylation is 1. The van der Waals surface area contributed by atoms with Gasteiger partial charge in [-0.2, -0.15) is 0 Å². The maximum Gasteiger partial charge on any atom is 0.296 e. The summed E-state index contributed by atoms with van der Waals surface area (Å²) >= 11 is 0. The Hall–Kier alpha value is -0.620. The molecule has 1 aromatic heterocycles. The van der Waals surface area contributed by atoms with E-state index < -0.39 is 9.05 Å². The van der Waals surface area contributed by atoms with Gasteiger partial charge in [0.2, 0.25) is 0 Å². The van der Waals surface area contributed by atoms with Crippen molar-refractivity contribution in [3.63, 3.8) is 0 Å². The van der Waals surface area contributed by atoms with Gasteiger partial charge in [0.25, 0.3) is 14.2 Å². The van der Waals surface area contributed by atoms with E-state index in [1.165, 1.54) is 6.42 Å². The molecule has 0 aromatic carbocycles. The zero-order valence-electron chi connectivity index (χ0n) is 9.76. The van der Waals surface area contributed by atoms with Crippen molar-refractivity contribution < 1.29 is 8.42 Å². The molecule has 1 fully saturated rings. The van der Waals surface area contributed by atoms with E-state index in [2.05, 4.69) is 10.2 Å². The Morgan fingerprint density at radius 2 is 1.94 bits per heavy atom. The molecule has 5 nitrogen and oxygen atoms in total. The minimum atomic E-state index is -3.81. The number of aromatic nitrogens is 3. The number of nitrogens with zero attached hydrogens (tertiary/aromatic N) is 3. The van der Waals surface area contributed by atoms with Gasteiger partial charge < -0.3 is 0 Å². The van der Waals surface area contributed by atoms with Gasteiger partial charge in [0.05, 0.1) is 0 Å². The molecule has 1 saturated carbocycles. The van der Waals surface area contributed by atoms with Crippen molar-refractivity contribution in [3.8, 4) is 0 Å². The maximum absolute atomic E-state index is 11.5. The third kappa shape index (κ3) is 2.63. The van der Waals surface area contributed by atoms with E-state index in [4.69, 9.17) is 10.7 Å². The van der Waals surface area contributed by atoms with Gasteiger partial charge in [0.1, 0.15) is 5.82 Å². The molecular weight excluding hydrogens is 262 g/mol. The highest BCUT2D eigenvalue weighted by Crippen LogP contribution is 2.31. The molecule has 1 aliphatic rings. The van der Waals surface area contributed by atoms with E-state index in [9.17, 15) is 8.42 Å². The van der Waals surface area contributed by atoms with Crippen LogP contribution in [0.25, 0.3) is 0 Å². The smallest absolute Gasteiger partial charge is 0.296 e. The summed E-state index contributed by atoms with van der Waals surface area (Å²) in [6.07, 6.45) is 6.06. The van der Waals surface area contributed by atoms with Gasteiger partial charge in [0, 0.05) is 23.1 Å². The van der Waals surface area contributed by atoms with Crippen molar-refractivity contribution in [1.82, 2.24) is 14.8 Å². The summed E-state index contributed by atoms with van der Waals surface area (Å²) in [5.41, 5.74) is 0. The van der Waals surface area contributed by atoms with Gasteiger partial charge in [-0.05, 0) is 12.8 Å². The van der Waals surface area contributed by atoms with Gasteiger partial charge in [-0.15, -0.1) is 10.2 Å². The van der Waals surface area contributed by atoms with Gasteiger partial charge in [-0.3, -0.25) is 4.57 Å². The highest BCUT2D eigenvalue weighted by Gasteiger charge is 2.27. The molecule has 17 heavy (non-hydrogen) atoms. The molecule has 0 radical (unpaired) electrons. The summed E-state index contributed by atoms with van der Waals surface area (Å²) in [5.74, 6) is 0.705. The van der Waals surface area contributed by atoms with E-state index >= 15 is 0 Å². The van der Waals surface area contributed by atoms with Crippen LogP contribution >= 0.6 is 10.7 Å². The van der Waals surface area contributed by atoms with E-state index in [0.717, 1.165) is 25.7 Å². The lowest BCUT2D eigenvalue weighted by atomic mass is 9.95.